The van der Waals surface area contributed by atoms with Gasteiger partial charge in [0, 0.05) is 44.0 Å². The number of amides is 1. The maximum Gasteiger partial charge on any atom is 0.226 e. The van der Waals surface area contributed by atoms with E-state index in [0.717, 1.165) is 30.5 Å². The van der Waals surface area contributed by atoms with Gasteiger partial charge >= 0.3 is 0 Å². The zero-order valence-corrected chi connectivity index (χ0v) is 13.3. The predicted octanol–water partition coefficient (Wildman–Crippen LogP) is 2.79. The van der Waals surface area contributed by atoms with E-state index in [1.165, 1.54) is 16.7 Å². The number of hydrogen-bond donors (Lipinski definition) is 1. The van der Waals surface area contributed by atoms with Crippen LogP contribution in [0, 0.1) is 6.92 Å². The van der Waals surface area contributed by atoms with Crippen LogP contribution in [0.5, 0.6) is 0 Å². The summed E-state index contributed by atoms with van der Waals surface area (Å²) >= 11 is 0. The SMILES string of the molecule is Cc1c(CN)cncc1C1C=CC2=C(CCCC(=O)N2C)C1. The number of allylic oxidation sites excluding steroid dienone is 3. The van der Waals surface area contributed by atoms with Crippen molar-refractivity contribution in [1.29, 1.82) is 0 Å². The van der Waals surface area contributed by atoms with Crippen LogP contribution in [0.3, 0.4) is 0 Å². The molecule has 1 atom stereocenters. The van der Waals surface area contributed by atoms with Crippen LogP contribution >= 0.6 is 0 Å². The van der Waals surface area contributed by atoms with Gasteiger partial charge in [0.1, 0.15) is 0 Å². The van der Waals surface area contributed by atoms with E-state index in [-0.39, 0.29) is 5.91 Å². The Morgan fingerprint density at radius 3 is 2.95 bits per heavy atom. The second-order valence-corrected chi connectivity index (χ2v) is 6.18. The van der Waals surface area contributed by atoms with Crippen molar-refractivity contribution in [3.63, 3.8) is 0 Å². The Bertz CT molecular complexity index is 660. The zero-order valence-electron chi connectivity index (χ0n) is 13.3. The van der Waals surface area contributed by atoms with E-state index in [1.54, 1.807) is 0 Å². The molecule has 2 aliphatic rings. The molecule has 1 unspecified atom stereocenters. The van der Waals surface area contributed by atoms with Crippen molar-refractivity contribution in [2.75, 3.05) is 7.05 Å². The number of carbonyl (C=O) groups excluding carboxylic acids is 1. The minimum atomic E-state index is 0.219. The van der Waals surface area contributed by atoms with Crippen LogP contribution in [0.1, 0.15) is 48.3 Å². The second kappa shape index (κ2) is 6.05. The molecule has 1 aromatic rings. The lowest BCUT2D eigenvalue weighted by molar-refractivity contribution is -0.127. The Labute approximate surface area is 131 Å². The molecule has 1 aromatic heterocycles. The summed E-state index contributed by atoms with van der Waals surface area (Å²) in [4.78, 5) is 18.2. The molecular formula is C18H23N3O. The zero-order chi connectivity index (χ0) is 15.7. The van der Waals surface area contributed by atoms with Gasteiger partial charge in [-0.05, 0) is 54.5 Å². The van der Waals surface area contributed by atoms with Gasteiger partial charge in [-0.1, -0.05) is 6.08 Å². The molecule has 4 nitrogen and oxygen atoms in total. The van der Waals surface area contributed by atoms with E-state index in [0.29, 0.717) is 18.9 Å². The highest BCUT2D eigenvalue weighted by atomic mass is 16.2. The van der Waals surface area contributed by atoms with Gasteiger partial charge < -0.3 is 10.6 Å². The Balaban J connectivity index is 1.91. The van der Waals surface area contributed by atoms with Gasteiger partial charge in [-0.15, -0.1) is 0 Å². The van der Waals surface area contributed by atoms with Crippen LogP contribution in [0.25, 0.3) is 0 Å². The average Bonchev–Trinajstić information content (AvgIpc) is 2.67. The predicted molar refractivity (Wildman–Crippen MR) is 87.0 cm³/mol. The average molecular weight is 297 g/mol. The number of aromatic nitrogens is 1. The van der Waals surface area contributed by atoms with Crippen molar-refractivity contribution >= 4 is 5.91 Å². The Kier molecular flexibility index (Phi) is 4.12. The normalized spacial score (nSPS) is 21.9. The molecule has 0 bridgehead atoms. The number of likely N-dealkylation sites (N-methyl/N-ethyl adjacent to an activating group) is 1. The molecule has 0 aromatic carbocycles. The van der Waals surface area contributed by atoms with E-state index >= 15 is 0 Å². The van der Waals surface area contributed by atoms with E-state index in [2.05, 4.69) is 24.1 Å². The third-order valence-electron chi connectivity index (χ3n) is 4.90. The monoisotopic (exact) mass is 297 g/mol. The van der Waals surface area contributed by atoms with Crippen molar-refractivity contribution < 1.29 is 4.79 Å². The molecule has 2 heterocycles. The number of pyridine rings is 1. The molecule has 116 valence electrons. The molecule has 3 rings (SSSR count). The van der Waals surface area contributed by atoms with Crippen LogP contribution < -0.4 is 5.73 Å². The molecule has 2 N–H and O–H groups in total. The molecule has 0 spiro atoms. The summed E-state index contributed by atoms with van der Waals surface area (Å²) in [5, 5.41) is 0. The number of carbonyl (C=O) groups is 1. The molecule has 4 heteroatoms. The van der Waals surface area contributed by atoms with E-state index in [9.17, 15) is 4.79 Å². The summed E-state index contributed by atoms with van der Waals surface area (Å²) in [5.74, 6) is 0.551. The standard InChI is InChI=1S/C18H23N3O/c1-12-15(9-19)10-20-11-16(12)13-6-7-17-14(8-13)4-3-5-18(22)21(17)2/h6-7,10-11,13H,3-5,8-9,19H2,1-2H3. The molecule has 0 radical (unpaired) electrons. The minimum absolute atomic E-state index is 0.219. The maximum atomic E-state index is 12.0. The molecular weight excluding hydrogens is 274 g/mol. The smallest absolute Gasteiger partial charge is 0.226 e. The summed E-state index contributed by atoms with van der Waals surface area (Å²) < 4.78 is 0. The van der Waals surface area contributed by atoms with Crippen LogP contribution in [-0.2, 0) is 11.3 Å². The minimum Gasteiger partial charge on any atom is -0.326 e. The topological polar surface area (TPSA) is 59.2 Å². The fourth-order valence-corrected chi connectivity index (χ4v) is 3.48. The van der Waals surface area contributed by atoms with Gasteiger partial charge in [0.05, 0.1) is 0 Å². The van der Waals surface area contributed by atoms with Crippen LogP contribution in [0.2, 0.25) is 0 Å². The summed E-state index contributed by atoms with van der Waals surface area (Å²) in [5.41, 5.74) is 11.9. The highest BCUT2D eigenvalue weighted by Crippen LogP contribution is 2.37. The van der Waals surface area contributed by atoms with Gasteiger partial charge in [0.15, 0.2) is 0 Å². The Morgan fingerprint density at radius 2 is 2.18 bits per heavy atom. The largest absolute Gasteiger partial charge is 0.326 e. The lowest BCUT2D eigenvalue weighted by Crippen LogP contribution is -2.25. The van der Waals surface area contributed by atoms with Crippen molar-refractivity contribution in [2.45, 2.75) is 45.1 Å². The summed E-state index contributed by atoms with van der Waals surface area (Å²) in [6, 6.07) is 0. The lowest BCUT2D eigenvalue weighted by Gasteiger charge is -2.27. The highest BCUT2D eigenvalue weighted by Gasteiger charge is 2.26. The van der Waals surface area contributed by atoms with Crippen molar-refractivity contribution in [3.8, 4) is 0 Å². The van der Waals surface area contributed by atoms with E-state index < -0.39 is 0 Å². The van der Waals surface area contributed by atoms with Gasteiger partial charge in [0.25, 0.3) is 0 Å². The first kappa shape index (κ1) is 15.0. The van der Waals surface area contributed by atoms with Crippen LogP contribution in [-0.4, -0.2) is 22.8 Å². The van der Waals surface area contributed by atoms with Crippen molar-refractivity contribution in [2.24, 2.45) is 5.73 Å². The number of hydrogen-bond acceptors (Lipinski definition) is 3. The molecule has 1 aliphatic heterocycles. The summed E-state index contributed by atoms with van der Waals surface area (Å²) in [6.45, 7) is 2.65. The number of rotatable bonds is 2. The second-order valence-electron chi connectivity index (χ2n) is 6.18. The highest BCUT2D eigenvalue weighted by molar-refractivity contribution is 5.79. The summed E-state index contributed by atoms with van der Waals surface area (Å²) in [7, 11) is 1.88. The first-order valence-corrected chi connectivity index (χ1v) is 7.92. The fraction of sp³-hybridized carbons (Fsp3) is 0.444. The molecule has 0 saturated carbocycles. The third-order valence-corrected chi connectivity index (χ3v) is 4.90. The summed E-state index contributed by atoms with van der Waals surface area (Å²) in [6.07, 6.45) is 11.7. The third kappa shape index (κ3) is 2.59. The first-order valence-electron chi connectivity index (χ1n) is 7.92. The van der Waals surface area contributed by atoms with E-state index in [1.807, 2.05) is 24.3 Å². The molecule has 0 fully saturated rings. The van der Waals surface area contributed by atoms with Crippen LogP contribution in [0.4, 0.5) is 0 Å². The van der Waals surface area contributed by atoms with Gasteiger partial charge in [-0.25, -0.2) is 0 Å². The lowest BCUT2D eigenvalue weighted by atomic mass is 9.83. The molecule has 22 heavy (non-hydrogen) atoms. The van der Waals surface area contributed by atoms with Gasteiger partial charge in [-0.2, -0.15) is 0 Å². The van der Waals surface area contributed by atoms with Crippen molar-refractivity contribution in [1.82, 2.24) is 9.88 Å². The molecule has 0 saturated heterocycles. The fourth-order valence-electron chi connectivity index (χ4n) is 3.48. The number of nitrogens with two attached hydrogens (primary N) is 1. The molecule has 1 amide bonds. The number of nitrogens with zero attached hydrogens (tertiary/aromatic N) is 2. The quantitative estimate of drug-likeness (QED) is 0.913. The maximum absolute atomic E-state index is 12.0. The van der Waals surface area contributed by atoms with Gasteiger partial charge in [-0.3, -0.25) is 9.78 Å². The first-order chi connectivity index (χ1) is 10.6. The van der Waals surface area contributed by atoms with Crippen molar-refractivity contribution in [3.05, 3.63) is 52.5 Å². The van der Waals surface area contributed by atoms with E-state index in [4.69, 9.17) is 5.73 Å². The Morgan fingerprint density at radius 1 is 1.36 bits per heavy atom. The Hall–Kier alpha value is -1.94. The van der Waals surface area contributed by atoms with Crippen LogP contribution in [0.15, 0.2) is 35.8 Å². The molecule has 1 aliphatic carbocycles. The van der Waals surface area contributed by atoms with Gasteiger partial charge in [0.2, 0.25) is 5.91 Å².